The van der Waals surface area contributed by atoms with Gasteiger partial charge >= 0.3 is 0 Å². The van der Waals surface area contributed by atoms with E-state index in [1.54, 1.807) is 6.20 Å². The average molecular weight is 239 g/mol. The van der Waals surface area contributed by atoms with E-state index in [1.807, 2.05) is 0 Å². The fraction of sp³-hybridized carbons (Fsp3) is 0.500. The van der Waals surface area contributed by atoms with Crippen LogP contribution in [0.15, 0.2) is 12.5 Å². The Hall–Kier alpha value is -1.89. The van der Waals surface area contributed by atoms with Crippen LogP contribution >= 0.6 is 0 Å². The predicted octanol–water partition coefficient (Wildman–Crippen LogP) is -1.34. The number of H-pyrrole nitrogens is 1. The summed E-state index contributed by atoms with van der Waals surface area (Å²) in [6.45, 7) is 3.04. The third-order valence-electron chi connectivity index (χ3n) is 2.37. The molecule has 1 rings (SSSR count). The molecule has 2 amide bonds. The fourth-order valence-corrected chi connectivity index (χ4v) is 1.18. The van der Waals surface area contributed by atoms with E-state index in [0.29, 0.717) is 12.1 Å². The van der Waals surface area contributed by atoms with Gasteiger partial charge in [0.25, 0.3) is 0 Å². The van der Waals surface area contributed by atoms with Crippen molar-refractivity contribution in [2.24, 2.45) is 11.5 Å². The molecule has 1 aromatic rings. The van der Waals surface area contributed by atoms with Crippen LogP contribution in [-0.2, 0) is 16.0 Å². The minimum Gasteiger partial charge on any atom is -0.368 e. The fourth-order valence-electron chi connectivity index (χ4n) is 1.18. The Labute approximate surface area is 99.0 Å². The molecule has 7 heteroatoms. The molecule has 7 nitrogen and oxygen atoms in total. The van der Waals surface area contributed by atoms with Gasteiger partial charge in [-0.25, -0.2) is 4.98 Å². The van der Waals surface area contributed by atoms with Crippen LogP contribution in [0.3, 0.4) is 0 Å². The summed E-state index contributed by atoms with van der Waals surface area (Å²) < 4.78 is 0. The molecule has 0 spiro atoms. The SMILES string of the molecule is CC(C)(NC(=O)[C@@H](N)Cc1c[nH]cn1)C(N)=O. The van der Waals surface area contributed by atoms with Crippen LogP contribution in [0.5, 0.6) is 0 Å². The highest BCUT2D eigenvalue weighted by Crippen LogP contribution is 2.02. The molecule has 0 aliphatic rings. The van der Waals surface area contributed by atoms with Gasteiger partial charge in [0.1, 0.15) is 5.54 Å². The van der Waals surface area contributed by atoms with Crippen molar-refractivity contribution in [1.82, 2.24) is 15.3 Å². The second-order valence-corrected chi connectivity index (χ2v) is 4.35. The molecule has 17 heavy (non-hydrogen) atoms. The smallest absolute Gasteiger partial charge is 0.242 e. The molecule has 1 heterocycles. The summed E-state index contributed by atoms with van der Waals surface area (Å²) in [5.41, 5.74) is 10.4. The zero-order chi connectivity index (χ0) is 13.1. The van der Waals surface area contributed by atoms with Gasteiger partial charge in [-0.1, -0.05) is 0 Å². The molecule has 0 saturated carbocycles. The van der Waals surface area contributed by atoms with Crippen molar-refractivity contribution in [3.8, 4) is 0 Å². The topological polar surface area (TPSA) is 127 Å². The third kappa shape index (κ3) is 3.56. The maximum Gasteiger partial charge on any atom is 0.242 e. The summed E-state index contributed by atoms with van der Waals surface area (Å²) >= 11 is 0. The van der Waals surface area contributed by atoms with Crippen molar-refractivity contribution in [1.29, 1.82) is 0 Å². The normalized spacial score (nSPS) is 13.1. The molecule has 1 atom stereocenters. The summed E-state index contributed by atoms with van der Waals surface area (Å²) in [6, 6.07) is -0.767. The Bertz CT molecular complexity index is 399. The summed E-state index contributed by atoms with van der Waals surface area (Å²) in [6.07, 6.45) is 3.46. The number of hydrogen-bond donors (Lipinski definition) is 4. The van der Waals surface area contributed by atoms with E-state index in [-0.39, 0.29) is 0 Å². The van der Waals surface area contributed by atoms with Crippen LogP contribution < -0.4 is 16.8 Å². The summed E-state index contributed by atoms with van der Waals surface area (Å²) in [4.78, 5) is 29.5. The van der Waals surface area contributed by atoms with Crippen LogP contribution in [0.25, 0.3) is 0 Å². The van der Waals surface area contributed by atoms with E-state index in [0.717, 1.165) is 0 Å². The molecular formula is C10H17N5O2. The largest absolute Gasteiger partial charge is 0.368 e. The quantitative estimate of drug-likeness (QED) is 0.507. The van der Waals surface area contributed by atoms with Crippen molar-refractivity contribution < 1.29 is 9.59 Å². The number of hydrogen-bond acceptors (Lipinski definition) is 4. The summed E-state index contributed by atoms with van der Waals surface area (Å²) in [5, 5.41) is 2.49. The number of rotatable bonds is 5. The number of carbonyl (C=O) groups excluding carboxylic acids is 2. The average Bonchev–Trinajstić information content (AvgIpc) is 2.69. The van der Waals surface area contributed by atoms with Crippen molar-refractivity contribution in [3.63, 3.8) is 0 Å². The second kappa shape index (κ2) is 4.96. The van der Waals surface area contributed by atoms with E-state index in [2.05, 4.69) is 15.3 Å². The number of amides is 2. The highest BCUT2D eigenvalue weighted by molar-refractivity contribution is 5.91. The van der Waals surface area contributed by atoms with Crippen molar-refractivity contribution >= 4 is 11.8 Å². The molecule has 0 radical (unpaired) electrons. The molecule has 6 N–H and O–H groups in total. The molecule has 0 aromatic carbocycles. The molecule has 94 valence electrons. The number of carbonyl (C=O) groups is 2. The Morgan fingerprint density at radius 2 is 2.24 bits per heavy atom. The molecule has 0 saturated heterocycles. The first kappa shape index (κ1) is 13.2. The highest BCUT2D eigenvalue weighted by Gasteiger charge is 2.29. The van der Waals surface area contributed by atoms with Gasteiger partial charge in [-0.15, -0.1) is 0 Å². The number of aromatic amines is 1. The molecular weight excluding hydrogens is 222 g/mol. The van der Waals surface area contributed by atoms with Crippen molar-refractivity contribution in [2.45, 2.75) is 31.8 Å². The Morgan fingerprint density at radius 1 is 1.59 bits per heavy atom. The Morgan fingerprint density at radius 3 is 2.71 bits per heavy atom. The predicted molar refractivity (Wildman–Crippen MR) is 61.7 cm³/mol. The van der Waals surface area contributed by atoms with Gasteiger partial charge in [-0.2, -0.15) is 0 Å². The van der Waals surface area contributed by atoms with Gasteiger partial charge in [0.15, 0.2) is 0 Å². The van der Waals surface area contributed by atoms with Crippen LogP contribution in [-0.4, -0.2) is 33.4 Å². The molecule has 0 bridgehead atoms. The lowest BCUT2D eigenvalue weighted by Gasteiger charge is -2.24. The van der Waals surface area contributed by atoms with Crippen LogP contribution in [0.1, 0.15) is 19.5 Å². The maximum atomic E-state index is 11.7. The summed E-state index contributed by atoms with van der Waals surface area (Å²) in [5.74, 6) is -1.05. The van der Waals surface area contributed by atoms with Gasteiger partial charge in [0, 0.05) is 12.6 Å². The van der Waals surface area contributed by atoms with Gasteiger partial charge in [-0.3, -0.25) is 9.59 Å². The second-order valence-electron chi connectivity index (χ2n) is 4.35. The van der Waals surface area contributed by atoms with Crippen molar-refractivity contribution in [2.75, 3.05) is 0 Å². The molecule has 0 aliphatic heterocycles. The van der Waals surface area contributed by atoms with Crippen LogP contribution in [0.2, 0.25) is 0 Å². The first-order valence-corrected chi connectivity index (χ1v) is 5.18. The third-order valence-corrected chi connectivity index (χ3v) is 2.37. The lowest BCUT2D eigenvalue weighted by atomic mass is 10.0. The van der Waals surface area contributed by atoms with E-state index in [4.69, 9.17) is 11.5 Å². The van der Waals surface area contributed by atoms with Crippen LogP contribution in [0, 0.1) is 0 Å². The molecule has 0 aliphatic carbocycles. The summed E-state index contributed by atoms with van der Waals surface area (Å²) in [7, 11) is 0. The van der Waals surface area contributed by atoms with Gasteiger partial charge < -0.3 is 21.8 Å². The lowest BCUT2D eigenvalue weighted by Crippen LogP contribution is -2.57. The molecule has 0 fully saturated rings. The highest BCUT2D eigenvalue weighted by atomic mass is 16.2. The minimum atomic E-state index is -1.11. The van der Waals surface area contributed by atoms with E-state index in [9.17, 15) is 9.59 Å². The Kier molecular flexibility index (Phi) is 3.84. The minimum absolute atomic E-state index is 0.296. The number of aromatic nitrogens is 2. The lowest BCUT2D eigenvalue weighted by molar-refractivity contribution is -0.131. The monoisotopic (exact) mass is 239 g/mol. The Balaban J connectivity index is 2.56. The van der Waals surface area contributed by atoms with Gasteiger partial charge in [-0.05, 0) is 13.8 Å². The molecule has 1 aromatic heterocycles. The number of nitrogens with two attached hydrogens (primary N) is 2. The maximum absolute atomic E-state index is 11.7. The zero-order valence-electron chi connectivity index (χ0n) is 9.86. The number of nitrogens with zero attached hydrogens (tertiary/aromatic N) is 1. The van der Waals surface area contributed by atoms with Crippen LogP contribution in [0.4, 0.5) is 0 Å². The van der Waals surface area contributed by atoms with E-state index in [1.165, 1.54) is 20.2 Å². The van der Waals surface area contributed by atoms with Gasteiger partial charge in [0.2, 0.25) is 11.8 Å². The van der Waals surface area contributed by atoms with Gasteiger partial charge in [0.05, 0.1) is 18.1 Å². The number of primary amides is 1. The van der Waals surface area contributed by atoms with Crippen molar-refractivity contribution in [3.05, 3.63) is 18.2 Å². The number of nitrogens with one attached hydrogen (secondary N) is 2. The van der Waals surface area contributed by atoms with E-state index >= 15 is 0 Å². The number of imidazole rings is 1. The first-order valence-electron chi connectivity index (χ1n) is 5.18. The molecule has 0 unspecified atom stereocenters. The zero-order valence-corrected chi connectivity index (χ0v) is 9.86. The first-order chi connectivity index (χ1) is 7.83. The standard InChI is InChI=1S/C10H17N5O2/c1-10(2,9(12)17)15-8(16)7(11)3-6-4-13-5-14-6/h4-5,7H,3,11H2,1-2H3,(H2,12,17)(H,13,14)(H,15,16)/t7-/m0/s1. The van der Waals surface area contributed by atoms with E-state index < -0.39 is 23.4 Å².